The van der Waals surface area contributed by atoms with Gasteiger partial charge in [0.05, 0.1) is 25.5 Å². The Hall–Kier alpha value is -3.24. The molecule has 1 aliphatic rings. The largest absolute Gasteiger partial charge is 0.455 e. The highest BCUT2D eigenvalue weighted by Gasteiger charge is 2.19. The van der Waals surface area contributed by atoms with Gasteiger partial charge in [0.15, 0.2) is 10.9 Å². The number of carbonyl (C=O) groups is 2. The number of anilines is 2. The number of furan rings is 1. The molecule has 0 aliphatic carbocycles. The molecule has 9 nitrogen and oxygen atoms in total. The molecule has 3 aromatic rings. The van der Waals surface area contributed by atoms with E-state index in [0.29, 0.717) is 17.2 Å². The zero-order valence-electron chi connectivity index (χ0n) is 18.7. The van der Waals surface area contributed by atoms with E-state index < -0.39 is 0 Å². The molecule has 0 unspecified atom stereocenters. The number of imidazole rings is 1. The van der Waals surface area contributed by atoms with Gasteiger partial charge in [-0.3, -0.25) is 9.59 Å². The Morgan fingerprint density at radius 1 is 1.15 bits per heavy atom. The van der Waals surface area contributed by atoms with Crippen LogP contribution >= 0.6 is 11.8 Å². The number of aromatic nitrogens is 2. The zero-order chi connectivity index (χ0) is 23.2. The molecule has 0 spiro atoms. The summed E-state index contributed by atoms with van der Waals surface area (Å²) in [5, 5.41) is 3.70. The third kappa shape index (κ3) is 5.96. The molecule has 4 rings (SSSR count). The highest BCUT2D eigenvalue weighted by molar-refractivity contribution is 7.98. The number of aryl methyl sites for hydroxylation is 1. The summed E-state index contributed by atoms with van der Waals surface area (Å²) in [4.78, 5) is 32.9. The number of hydrogen-bond acceptors (Lipinski definition) is 7. The smallest absolute Gasteiger partial charge is 0.289 e. The summed E-state index contributed by atoms with van der Waals surface area (Å²) in [5.41, 5.74) is 1.78. The molecule has 10 heteroatoms. The van der Waals surface area contributed by atoms with Crippen molar-refractivity contribution in [1.29, 1.82) is 0 Å². The molecule has 1 aromatic carbocycles. The minimum absolute atomic E-state index is 0.0812. The van der Waals surface area contributed by atoms with Gasteiger partial charge in [-0.05, 0) is 36.4 Å². The number of nitrogens with zero attached hydrogens (tertiary/aromatic N) is 4. The minimum Gasteiger partial charge on any atom is -0.455 e. The maximum absolute atomic E-state index is 12.7. The van der Waals surface area contributed by atoms with Gasteiger partial charge in [0.2, 0.25) is 5.91 Å². The van der Waals surface area contributed by atoms with Crippen LogP contribution < -0.4 is 10.2 Å². The first kappa shape index (κ1) is 22.9. The zero-order valence-corrected chi connectivity index (χ0v) is 19.5. The monoisotopic (exact) mass is 469 g/mol. The van der Waals surface area contributed by atoms with Gasteiger partial charge in [0, 0.05) is 51.0 Å². The van der Waals surface area contributed by atoms with E-state index in [9.17, 15) is 9.59 Å². The summed E-state index contributed by atoms with van der Waals surface area (Å²) >= 11 is 1.52. The Labute approximate surface area is 196 Å². The third-order valence-electron chi connectivity index (χ3n) is 5.25. The second kappa shape index (κ2) is 10.6. The van der Waals surface area contributed by atoms with Crippen molar-refractivity contribution in [2.45, 2.75) is 10.9 Å². The summed E-state index contributed by atoms with van der Waals surface area (Å²) in [5.74, 6) is 0.811. The van der Waals surface area contributed by atoms with Crippen molar-refractivity contribution in [3.63, 3.8) is 0 Å². The predicted molar refractivity (Wildman–Crippen MR) is 127 cm³/mol. The van der Waals surface area contributed by atoms with Crippen molar-refractivity contribution in [1.82, 2.24) is 14.5 Å². The highest BCUT2D eigenvalue weighted by Crippen LogP contribution is 2.22. The average molecular weight is 470 g/mol. The van der Waals surface area contributed by atoms with Gasteiger partial charge >= 0.3 is 0 Å². The summed E-state index contributed by atoms with van der Waals surface area (Å²) in [6.07, 6.45) is 3.61. The van der Waals surface area contributed by atoms with Gasteiger partial charge in [0.1, 0.15) is 5.76 Å². The van der Waals surface area contributed by atoms with Crippen LogP contribution in [0.1, 0.15) is 16.3 Å². The van der Waals surface area contributed by atoms with Gasteiger partial charge in [-0.2, -0.15) is 0 Å². The maximum Gasteiger partial charge on any atom is 0.289 e. The molecular weight excluding hydrogens is 442 g/mol. The van der Waals surface area contributed by atoms with Crippen molar-refractivity contribution < 1.29 is 18.7 Å². The topological polar surface area (TPSA) is 92.8 Å². The lowest BCUT2D eigenvalue weighted by molar-refractivity contribution is -0.116. The number of morpholine rings is 1. The Bertz CT molecular complexity index is 1090. The van der Waals surface area contributed by atoms with E-state index >= 15 is 0 Å². The van der Waals surface area contributed by atoms with E-state index in [2.05, 4.69) is 15.2 Å². The summed E-state index contributed by atoms with van der Waals surface area (Å²) in [7, 11) is 3.50. The van der Waals surface area contributed by atoms with Crippen molar-refractivity contribution in [2.24, 2.45) is 7.05 Å². The highest BCUT2D eigenvalue weighted by atomic mass is 32.2. The van der Waals surface area contributed by atoms with Gasteiger partial charge in [0.25, 0.3) is 5.91 Å². The lowest BCUT2D eigenvalue weighted by Crippen LogP contribution is -2.36. The molecule has 1 N–H and O–H groups in total. The second-order valence-corrected chi connectivity index (χ2v) is 8.67. The summed E-state index contributed by atoms with van der Waals surface area (Å²) in [6, 6.07) is 11.1. The first-order valence-electron chi connectivity index (χ1n) is 10.7. The summed E-state index contributed by atoms with van der Waals surface area (Å²) in [6.45, 7) is 3.07. The normalized spacial score (nSPS) is 13.7. The number of nitrogens with one attached hydrogen (secondary N) is 1. The molecule has 0 bridgehead atoms. The molecule has 1 aliphatic heterocycles. The molecule has 3 heterocycles. The van der Waals surface area contributed by atoms with Gasteiger partial charge in [-0.1, -0.05) is 11.8 Å². The quantitative estimate of drug-likeness (QED) is 0.507. The van der Waals surface area contributed by atoms with Crippen LogP contribution in [-0.2, 0) is 22.3 Å². The van der Waals surface area contributed by atoms with E-state index in [0.717, 1.165) is 37.1 Å². The van der Waals surface area contributed by atoms with Gasteiger partial charge < -0.3 is 28.8 Å². The van der Waals surface area contributed by atoms with E-state index in [1.54, 1.807) is 25.4 Å². The van der Waals surface area contributed by atoms with Crippen molar-refractivity contribution in [2.75, 3.05) is 50.1 Å². The van der Waals surface area contributed by atoms with Crippen LogP contribution in [0.4, 0.5) is 11.4 Å². The fraction of sp³-hybridized carbons (Fsp3) is 0.348. The SMILES string of the molecule is CN(CC(=O)Nc1ccc(N2CCOCC2)cc1)C(=O)c1ccc(CSc2nccn2C)o1. The molecule has 1 saturated heterocycles. The molecule has 174 valence electrons. The van der Waals surface area contributed by atoms with Crippen LogP contribution in [0.2, 0.25) is 0 Å². The number of thioether (sulfide) groups is 1. The molecule has 0 saturated carbocycles. The average Bonchev–Trinajstić information content (AvgIpc) is 3.47. The molecule has 1 fully saturated rings. The molecular formula is C23H27N5O4S. The van der Waals surface area contributed by atoms with Crippen LogP contribution in [0.25, 0.3) is 0 Å². The van der Waals surface area contributed by atoms with E-state index in [-0.39, 0.29) is 24.1 Å². The van der Waals surface area contributed by atoms with E-state index in [1.807, 2.05) is 42.1 Å². The first-order valence-corrected chi connectivity index (χ1v) is 11.6. The Morgan fingerprint density at radius 3 is 2.61 bits per heavy atom. The number of ether oxygens (including phenoxy) is 1. The fourth-order valence-corrected chi connectivity index (χ4v) is 4.28. The molecule has 0 atom stereocenters. The van der Waals surface area contributed by atoms with Gasteiger partial charge in [-0.25, -0.2) is 4.98 Å². The van der Waals surface area contributed by atoms with Crippen LogP contribution in [-0.4, -0.2) is 66.2 Å². The van der Waals surface area contributed by atoms with Crippen LogP contribution in [0.3, 0.4) is 0 Å². The number of benzene rings is 1. The molecule has 33 heavy (non-hydrogen) atoms. The first-order chi connectivity index (χ1) is 16.0. The minimum atomic E-state index is -0.346. The van der Waals surface area contributed by atoms with Crippen LogP contribution in [0, 0.1) is 0 Å². The summed E-state index contributed by atoms with van der Waals surface area (Å²) < 4.78 is 13.0. The second-order valence-electron chi connectivity index (χ2n) is 7.73. The number of hydrogen-bond donors (Lipinski definition) is 1. The fourth-order valence-electron chi connectivity index (χ4n) is 3.45. The Balaban J connectivity index is 1.26. The number of likely N-dealkylation sites (N-methyl/N-ethyl adjacent to an activating group) is 1. The van der Waals surface area contributed by atoms with E-state index in [4.69, 9.17) is 9.15 Å². The Morgan fingerprint density at radius 2 is 1.91 bits per heavy atom. The van der Waals surface area contributed by atoms with Gasteiger partial charge in [-0.15, -0.1) is 0 Å². The standard InChI is InChI=1S/C23H27N5O4S/c1-26-10-9-24-23(26)33-16-19-7-8-20(32-19)22(30)27(2)15-21(29)25-17-3-5-18(6-4-17)28-11-13-31-14-12-28/h3-10H,11-16H2,1-2H3,(H,25,29). The van der Waals surface area contributed by atoms with Crippen LogP contribution in [0.15, 0.2) is 58.4 Å². The number of rotatable bonds is 8. The lowest BCUT2D eigenvalue weighted by Gasteiger charge is -2.28. The third-order valence-corrected chi connectivity index (χ3v) is 6.33. The maximum atomic E-state index is 12.7. The Kier molecular flexibility index (Phi) is 7.36. The van der Waals surface area contributed by atoms with Crippen LogP contribution in [0.5, 0.6) is 0 Å². The molecule has 2 amide bonds. The number of carbonyl (C=O) groups excluding carboxylic acids is 2. The van der Waals surface area contributed by atoms with E-state index in [1.165, 1.54) is 16.7 Å². The molecule has 2 aromatic heterocycles. The van der Waals surface area contributed by atoms with Crippen molar-refractivity contribution in [3.8, 4) is 0 Å². The lowest BCUT2D eigenvalue weighted by atomic mass is 10.2. The van der Waals surface area contributed by atoms with Crippen molar-refractivity contribution in [3.05, 3.63) is 60.3 Å². The van der Waals surface area contributed by atoms with Crippen molar-refractivity contribution >= 4 is 35.0 Å². The number of amides is 2. The molecule has 0 radical (unpaired) electrons. The predicted octanol–water partition coefficient (Wildman–Crippen LogP) is 2.85.